The zero-order chi connectivity index (χ0) is 12.0. The second-order valence-corrected chi connectivity index (χ2v) is 5.68. The maximum atomic E-state index is 11.6. The number of Topliss-reactive ketones (excluding diaryl/α,β-unsaturated/α-hetero) is 1. The van der Waals surface area contributed by atoms with Crippen LogP contribution in [-0.2, 0) is 14.3 Å². The molecular formula is C13H18O3. The summed E-state index contributed by atoms with van der Waals surface area (Å²) in [6.07, 6.45) is 4.61. The first kappa shape index (κ1) is 11.5. The third kappa shape index (κ3) is 1.96. The molecular weight excluding hydrogens is 204 g/mol. The van der Waals surface area contributed by atoms with Crippen LogP contribution in [0, 0.1) is 11.3 Å². The van der Waals surface area contributed by atoms with Crippen molar-refractivity contribution in [1.29, 1.82) is 0 Å². The van der Waals surface area contributed by atoms with Crippen LogP contribution in [0.3, 0.4) is 0 Å². The van der Waals surface area contributed by atoms with Crippen molar-refractivity contribution in [3.05, 3.63) is 12.2 Å². The third-order valence-electron chi connectivity index (χ3n) is 3.60. The van der Waals surface area contributed by atoms with Crippen molar-refractivity contribution < 1.29 is 14.3 Å². The van der Waals surface area contributed by atoms with Crippen LogP contribution in [0.2, 0.25) is 0 Å². The standard InChI is InChI=1S/C13H18O3/c1-9(14)4-5-11-12(2,3)6-10(15)7-13(11)8-16-13/h4-5,11H,6-8H2,1-3H3/b5-4+/t11-,13-/m1/s1. The zero-order valence-electron chi connectivity index (χ0n) is 10.1. The van der Waals surface area contributed by atoms with Crippen molar-refractivity contribution in [1.82, 2.24) is 0 Å². The number of epoxide rings is 1. The van der Waals surface area contributed by atoms with Crippen molar-refractivity contribution in [2.24, 2.45) is 11.3 Å². The Labute approximate surface area is 95.9 Å². The summed E-state index contributed by atoms with van der Waals surface area (Å²) in [5.41, 5.74) is -0.414. The van der Waals surface area contributed by atoms with Crippen LogP contribution in [-0.4, -0.2) is 23.8 Å². The molecule has 1 saturated carbocycles. The molecule has 3 heteroatoms. The Hall–Kier alpha value is -0.960. The molecule has 2 aliphatic rings. The fourth-order valence-corrected chi connectivity index (χ4v) is 2.88. The highest BCUT2D eigenvalue weighted by Gasteiger charge is 2.59. The van der Waals surface area contributed by atoms with Gasteiger partial charge in [0.25, 0.3) is 0 Å². The lowest BCUT2D eigenvalue weighted by Gasteiger charge is -2.40. The number of ketones is 2. The molecule has 1 spiro atoms. The molecule has 0 N–H and O–H groups in total. The Kier molecular flexibility index (Phi) is 2.54. The summed E-state index contributed by atoms with van der Waals surface area (Å²) in [4.78, 5) is 22.6. The molecule has 0 bridgehead atoms. The summed E-state index contributed by atoms with van der Waals surface area (Å²) < 4.78 is 5.50. The van der Waals surface area contributed by atoms with Gasteiger partial charge in [-0.05, 0) is 18.4 Å². The fourth-order valence-electron chi connectivity index (χ4n) is 2.88. The van der Waals surface area contributed by atoms with Gasteiger partial charge in [0, 0.05) is 18.8 Å². The van der Waals surface area contributed by atoms with Gasteiger partial charge in [0.15, 0.2) is 5.78 Å². The second kappa shape index (κ2) is 3.52. The topological polar surface area (TPSA) is 46.7 Å². The third-order valence-corrected chi connectivity index (χ3v) is 3.60. The minimum Gasteiger partial charge on any atom is -0.368 e. The molecule has 0 radical (unpaired) electrons. The van der Waals surface area contributed by atoms with E-state index in [2.05, 4.69) is 13.8 Å². The van der Waals surface area contributed by atoms with E-state index in [4.69, 9.17) is 4.74 Å². The van der Waals surface area contributed by atoms with Gasteiger partial charge < -0.3 is 4.74 Å². The molecule has 0 aromatic carbocycles. The fraction of sp³-hybridized carbons (Fsp3) is 0.692. The maximum Gasteiger partial charge on any atom is 0.152 e. The van der Waals surface area contributed by atoms with Crippen LogP contribution in [0.1, 0.15) is 33.6 Å². The molecule has 1 heterocycles. The van der Waals surface area contributed by atoms with Crippen LogP contribution in [0.25, 0.3) is 0 Å². The first-order valence-electron chi connectivity index (χ1n) is 5.70. The van der Waals surface area contributed by atoms with Gasteiger partial charge in [-0.25, -0.2) is 0 Å². The van der Waals surface area contributed by atoms with Crippen molar-refractivity contribution in [2.75, 3.05) is 6.61 Å². The van der Waals surface area contributed by atoms with E-state index in [-0.39, 0.29) is 28.5 Å². The first-order valence-corrected chi connectivity index (χ1v) is 5.70. The molecule has 0 aromatic heterocycles. The van der Waals surface area contributed by atoms with E-state index >= 15 is 0 Å². The molecule has 1 aliphatic carbocycles. The average molecular weight is 222 g/mol. The summed E-state index contributed by atoms with van der Waals surface area (Å²) in [5.74, 6) is 0.486. The van der Waals surface area contributed by atoms with Gasteiger partial charge in [0.2, 0.25) is 0 Å². The van der Waals surface area contributed by atoms with Crippen LogP contribution in [0.15, 0.2) is 12.2 Å². The van der Waals surface area contributed by atoms with E-state index in [0.29, 0.717) is 19.4 Å². The summed E-state index contributed by atoms with van der Waals surface area (Å²) in [5, 5.41) is 0. The van der Waals surface area contributed by atoms with E-state index < -0.39 is 0 Å². The van der Waals surface area contributed by atoms with Crippen molar-refractivity contribution in [3.63, 3.8) is 0 Å². The number of allylic oxidation sites excluding steroid dienone is 1. The van der Waals surface area contributed by atoms with Gasteiger partial charge in [0.05, 0.1) is 6.61 Å². The lowest BCUT2D eigenvalue weighted by atomic mass is 9.63. The van der Waals surface area contributed by atoms with Gasteiger partial charge in [-0.15, -0.1) is 0 Å². The van der Waals surface area contributed by atoms with Gasteiger partial charge in [-0.3, -0.25) is 9.59 Å². The molecule has 0 amide bonds. The van der Waals surface area contributed by atoms with E-state index in [9.17, 15) is 9.59 Å². The molecule has 1 saturated heterocycles. The van der Waals surface area contributed by atoms with Crippen molar-refractivity contribution in [2.45, 2.75) is 39.2 Å². The predicted molar refractivity (Wildman–Crippen MR) is 60.0 cm³/mol. The lowest BCUT2D eigenvalue weighted by molar-refractivity contribution is -0.127. The number of hydrogen-bond donors (Lipinski definition) is 0. The van der Waals surface area contributed by atoms with Gasteiger partial charge in [-0.2, -0.15) is 0 Å². The van der Waals surface area contributed by atoms with Gasteiger partial charge in [0.1, 0.15) is 11.4 Å². The van der Waals surface area contributed by atoms with Crippen LogP contribution >= 0.6 is 0 Å². The molecule has 2 atom stereocenters. The highest BCUT2D eigenvalue weighted by atomic mass is 16.6. The Morgan fingerprint density at radius 2 is 2.06 bits per heavy atom. The Morgan fingerprint density at radius 3 is 2.56 bits per heavy atom. The molecule has 0 aromatic rings. The van der Waals surface area contributed by atoms with Crippen LogP contribution in [0.5, 0.6) is 0 Å². The molecule has 1 aliphatic heterocycles. The predicted octanol–water partition coefficient (Wildman–Crippen LogP) is 1.91. The highest BCUT2D eigenvalue weighted by Crippen LogP contribution is 2.53. The molecule has 2 fully saturated rings. The molecule has 2 rings (SSSR count). The smallest absolute Gasteiger partial charge is 0.152 e. The van der Waals surface area contributed by atoms with Crippen LogP contribution in [0.4, 0.5) is 0 Å². The average Bonchev–Trinajstić information content (AvgIpc) is 2.80. The molecule has 16 heavy (non-hydrogen) atoms. The Balaban J connectivity index is 2.25. The second-order valence-electron chi connectivity index (χ2n) is 5.68. The van der Waals surface area contributed by atoms with Crippen molar-refractivity contribution >= 4 is 11.6 Å². The monoisotopic (exact) mass is 222 g/mol. The van der Waals surface area contributed by atoms with Gasteiger partial charge >= 0.3 is 0 Å². The maximum absolute atomic E-state index is 11.6. The van der Waals surface area contributed by atoms with E-state index in [1.165, 1.54) is 6.92 Å². The zero-order valence-corrected chi connectivity index (χ0v) is 10.1. The minimum atomic E-state index is -0.301. The summed E-state index contributed by atoms with van der Waals surface area (Å²) in [7, 11) is 0. The summed E-state index contributed by atoms with van der Waals surface area (Å²) in [6.45, 7) is 6.33. The number of rotatable bonds is 2. The molecule has 3 nitrogen and oxygen atoms in total. The SMILES string of the molecule is CC(=O)/C=C/[C@@H]1C(C)(C)CC(=O)C[C@@]12CO2. The normalized spacial score (nSPS) is 36.9. The number of ether oxygens (including phenoxy) is 1. The van der Waals surface area contributed by atoms with E-state index in [1.807, 2.05) is 6.08 Å². The number of carbonyl (C=O) groups is 2. The van der Waals surface area contributed by atoms with Crippen molar-refractivity contribution in [3.8, 4) is 0 Å². The first-order chi connectivity index (χ1) is 7.36. The lowest BCUT2D eigenvalue weighted by Crippen LogP contribution is -2.43. The number of carbonyl (C=O) groups excluding carboxylic acids is 2. The minimum absolute atomic E-state index is 0.0449. The van der Waals surface area contributed by atoms with E-state index in [1.54, 1.807) is 6.08 Å². The summed E-state index contributed by atoms with van der Waals surface area (Å²) in [6, 6.07) is 0. The van der Waals surface area contributed by atoms with Gasteiger partial charge in [-0.1, -0.05) is 19.9 Å². The van der Waals surface area contributed by atoms with Crippen LogP contribution < -0.4 is 0 Å². The van der Waals surface area contributed by atoms with E-state index in [0.717, 1.165) is 0 Å². The molecule has 88 valence electrons. The molecule has 0 unspecified atom stereocenters. The quantitative estimate of drug-likeness (QED) is 0.529. The summed E-state index contributed by atoms with van der Waals surface area (Å²) >= 11 is 0. The number of hydrogen-bond acceptors (Lipinski definition) is 3. The largest absolute Gasteiger partial charge is 0.368 e. The highest BCUT2D eigenvalue weighted by molar-refractivity contribution is 5.87. The Bertz CT molecular complexity index is 351. The Morgan fingerprint density at radius 1 is 1.44 bits per heavy atom.